The first-order valence-electron chi connectivity index (χ1n) is 10.6. The Labute approximate surface area is 166 Å². The summed E-state index contributed by atoms with van der Waals surface area (Å²) in [6.07, 6.45) is 8.96. The van der Waals surface area contributed by atoms with E-state index in [-0.39, 0.29) is 23.9 Å². The van der Waals surface area contributed by atoms with Crippen molar-refractivity contribution in [1.29, 1.82) is 0 Å². The predicted molar refractivity (Wildman–Crippen MR) is 108 cm³/mol. The van der Waals surface area contributed by atoms with E-state index in [2.05, 4.69) is 22.8 Å². The molecule has 27 heavy (non-hydrogen) atoms. The van der Waals surface area contributed by atoms with E-state index in [4.69, 9.17) is 0 Å². The molecule has 148 valence electrons. The monoisotopic (exact) mass is 389 g/mol. The lowest BCUT2D eigenvalue weighted by atomic mass is 9.93. The number of carbonyl (C=O) groups is 2. The highest BCUT2D eigenvalue weighted by Gasteiger charge is 2.34. The minimum Gasteiger partial charge on any atom is -0.348 e. The van der Waals surface area contributed by atoms with Gasteiger partial charge in [0.15, 0.2) is 0 Å². The predicted octanol–water partition coefficient (Wildman–Crippen LogP) is 4.02. The molecule has 1 N–H and O–H groups in total. The Morgan fingerprint density at radius 2 is 1.74 bits per heavy atom. The first kappa shape index (κ1) is 18.8. The van der Waals surface area contributed by atoms with Crippen LogP contribution in [-0.4, -0.2) is 47.9 Å². The van der Waals surface area contributed by atoms with E-state index in [1.54, 1.807) is 11.3 Å². The SMILES string of the molecule is O=C(N[C@@H](c1cccs1)C1CCCC1)[C@@H]1CCCN(C(=O)N2CCCC2)C1. The number of hydrogen-bond donors (Lipinski definition) is 1. The lowest BCUT2D eigenvalue weighted by molar-refractivity contribution is -0.127. The second kappa shape index (κ2) is 8.63. The summed E-state index contributed by atoms with van der Waals surface area (Å²) >= 11 is 1.74. The summed E-state index contributed by atoms with van der Waals surface area (Å²) in [5.74, 6) is 0.618. The van der Waals surface area contributed by atoms with Crippen molar-refractivity contribution in [2.75, 3.05) is 26.2 Å². The molecule has 6 heteroatoms. The van der Waals surface area contributed by atoms with E-state index in [0.29, 0.717) is 12.5 Å². The quantitative estimate of drug-likeness (QED) is 0.845. The lowest BCUT2D eigenvalue weighted by Crippen LogP contribution is -2.50. The minimum absolute atomic E-state index is 0.0748. The van der Waals surface area contributed by atoms with Gasteiger partial charge in [-0.3, -0.25) is 4.79 Å². The molecule has 1 aromatic rings. The molecule has 1 aliphatic carbocycles. The van der Waals surface area contributed by atoms with Crippen LogP contribution in [0.4, 0.5) is 4.79 Å². The third-order valence-electron chi connectivity index (χ3n) is 6.46. The number of hydrogen-bond acceptors (Lipinski definition) is 3. The van der Waals surface area contributed by atoms with Crippen molar-refractivity contribution in [3.63, 3.8) is 0 Å². The minimum atomic E-state index is -0.0748. The van der Waals surface area contributed by atoms with Gasteiger partial charge in [0.1, 0.15) is 0 Å². The summed E-state index contributed by atoms with van der Waals surface area (Å²) in [6, 6.07) is 4.50. The maximum atomic E-state index is 13.1. The molecule has 1 aromatic heterocycles. The van der Waals surface area contributed by atoms with Crippen molar-refractivity contribution in [3.05, 3.63) is 22.4 Å². The van der Waals surface area contributed by atoms with Gasteiger partial charge in [-0.05, 0) is 55.9 Å². The number of rotatable bonds is 4. The zero-order valence-corrected chi connectivity index (χ0v) is 16.9. The van der Waals surface area contributed by atoms with Gasteiger partial charge in [0.25, 0.3) is 0 Å². The van der Waals surface area contributed by atoms with Crippen LogP contribution < -0.4 is 5.32 Å². The summed E-state index contributed by atoms with van der Waals surface area (Å²) in [5, 5.41) is 5.48. The topological polar surface area (TPSA) is 52.7 Å². The maximum Gasteiger partial charge on any atom is 0.320 e. The first-order valence-corrected chi connectivity index (χ1v) is 11.5. The molecular formula is C21H31N3O2S. The molecule has 5 nitrogen and oxygen atoms in total. The van der Waals surface area contributed by atoms with Crippen molar-refractivity contribution in [1.82, 2.24) is 15.1 Å². The number of nitrogens with zero attached hydrogens (tertiary/aromatic N) is 2. The molecule has 2 aliphatic heterocycles. The Kier molecular flexibility index (Phi) is 6.01. The van der Waals surface area contributed by atoms with Gasteiger partial charge in [0.2, 0.25) is 5.91 Å². The van der Waals surface area contributed by atoms with E-state index in [1.165, 1.54) is 30.6 Å². The number of carbonyl (C=O) groups excluding carboxylic acids is 2. The van der Waals surface area contributed by atoms with Gasteiger partial charge in [0.05, 0.1) is 12.0 Å². The van der Waals surface area contributed by atoms with Gasteiger partial charge in [-0.1, -0.05) is 18.9 Å². The van der Waals surface area contributed by atoms with Gasteiger partial charge in [-0.25, -0.2) is 4.79 Å². The zero-order chi connectivity index (χ0) is 18.6. The second-order valence-corrected chi connectivity index (χ2v) is 9.29. The van der Waals surface area contributed by atoms with E-state index < -0.39 is 0 Å². The van der Waals surface area contributed by atoms with Crippen LogP contribution in [0.2, 0.25) is 0 Å². The van der Waals surface area contributed by atoms with E-state index in [1.807, 2.05) is 9.80 Å². The molecule has 4 rings (SSSR count). The largest absolute Gasteiger partial charge is 0.348 e. The average molecular weight is 390 g/mol. The number of urea groups is 1. The zero-order valence-electron chi connectivity index (χ0n) is 16.1. The van der Waals surface area contributed by atoms with Crippen molar-refractivity contribution in [2.24, 2.45) is 11.8 Å². The smallest absolute Gasteiger partial charge is 0.320 e. The molecular weight excluding hydrogens is 358 g/mol. The van der Waals surface area contributed by atoms with Crippen LogP contribution in [0.25, 0.3) is 0 Å². The lowest BCUT2D eigenvalue weighted by Gasteiger charge is -2.35. The highest BCUT2D eigenvalue weighted by molar-refractivity contribution is 7.10. The average Bonchev–Trinajstić information content (AvgIpc) is 3.48. The second-order valence-electron chi connectivity index (χ2n) is 8.31. The molecule has 2 atom stereocenters. The number of likely N-dealkylation sites (tertiary alicyclic amines) is 2. The first-order chi connectivity index (χ1) is 13.2. The summed E-state index contributed by atoms with van der Waals surface area (Å²) in [4.78, 5) is 30.9. The molecule has 0 bridgehead atoms. The number of thiophene rings is 1. The normalized spacial score (nSPS) is 25.0. The van der Waals surface area contributed by atoms with Crippen molar-refractivity contribution < 1.29 is 9.59 Å². The van der Waals surface area contributed by atoms with Gasteiger partial charge in [-0.15, -0.1) is 11.3 Å². The Bertz CT molecular complexity index is 636. The number of amides is 3. The van der Waals surface area contributed by atoms with E-state index in [9.17, 15) is 9.59 Å². The van der Waals surface area contributed by atoms with Gasteiger partial charge in [0, 0.05) is 31.1 Å². The third kappa shape index (κ3) is 4.31. The summed E-state index contributed by atoms with van der Waals surface area (Å²) in [7, 11) is 0. The summed E-state index contributed by atoms with van der Waals surface area (Å²) in [5.41, 5.74) is 0. The Morgan fingerprint density at radius 3 is 2.44 bits per heavy atom. The van der Waals surface area contributed by atoms with Crippen LogP contribution >= 0.6 is 11.3 Å². The molecule has 0 aromatic carbocycles. The van der Waals surface area contributed by atoms with Crippen molar-refractivity contribution >= 4 is 23.3 Å². The Balaban J connectivity index is 1.39. The fourth-order valence-electron chi connectivity index (χ4n) is 4.92. The summed E-state index contributed by atoms with van der Waals surface area (Å²) in [6.45, 7) is 3.10. The molecule has 0 spiro atoms. The fraction of sp³-hybridized carbons (Fsp3) is 0.714. The van der Waals surface area contributed by atoms with Crippen LogP contribution in [-0.2, 0) is 4.79 Å². The van der Waals surface area contributed by atoms with Crippen molar-refractivity contribution in [2.45, 2.75) is 57.4 Å². The molecule has 3 heterocycles. The van der Waals surface area contributed by atoms with Crippen LogP contribution in [0.3, 0.4) is 0 Å². The molecule has 3 fully saturated rings. The molecule has 3 amide bonds. The van der Waals surface area contributed by atoms with Gasteiger partial charge in [-0.2, -0.15) is 0 Å². The molecule has 3 aliphatic rings. The highest BCUT2D eigenvalue weighted by atomic mass is 32.1. The van der Waals surface area contributed by atoms with Gasteiger partial charge >= 0.3 is 6.03 Å². The number of piperidine rings is 1. The van der Waals surface area contributed by atoms with E-state index >= 15 is 0 Å². The van der Waals surface area contributed by atoms with Crippen molar-refractivity contribution in [3.8, 4) is 0 Å². The highest BCUT2D eigenvalue weighted by Crippen LogP contribution is 2.37. The van der Waals surface area contributed by atoms with Crippen LogP contribution in [0.15, 0.2) is 17.5 Å². The standard InChI is InChI=1S/C21H31N3O2S/c25-20(22-19(16-7-1-2-8-16)18-10-6-14-27-18)17-9-5-13-24(15-17)21(26)23-11-3-4-12-23/h6,10,14,16-17,19H,1-5,7-9,11-13,15H2,(H,22,25)/t17-,19-/m1/s1. The fourth-order valence-corrected chi connectivity index (χ4v) is 5.79. The van der Waals surface area contributed by atoms with Gasteiger partial charge < -0.3 is 15.1 Å². The van der Waals surface area contributed by atoms with Crippen LogP contribution in [0.1, 0.15) is 62.3 Å². The molecule has 0 unspecified atom stereocenters. The molecule has 1 saturated carbocycles. The molecule has 0 radical (unpaired) electrons. The summed E-state index contributed by atoms with van der Waals surface area (Å²) < 4.78 is 0. The Hall–Kier alpha value is -1.56. The Morgan fingerprint density at radius 1 is 1.00 bits per heavy atom. The van der Waals surface area contributed by atoms with Crippen LogP contribution in [0, 0.1) is 11.8 Å². The third-order valence-corrected chi connectivity index (χ3v) is 7.41. The van der Waals surface area contributed by atoms with E-state index in [0.717, 1.165) is 45.3 Å². The molecule has 2 saturated heterocycles. The maximum absolute atomic E-state index is 13.1. The van der Waals surface area contributed by atoms with Crippen LogP contribution in [0.5, 0.6) is 0 Å². The number of nitrogens with one attached hydrogen (secondary N) is 1.